The van der Waals surface area contributed by atoms with Crippen LogP contribution in [0.25, 0.3) is 0 Å². The third-order valence-electron chi connectivity index (χ3n) is 2.23. The normalized spacial score (nSPS) is 15.1. The van der Waals surface area contributed by atoms with E-state index in [0.717, 1.165) is 12.8 Å². The minimum absolute atomic E-state index is 0.0587. The Morgan fingerprint density at radius 3 is 2.33 bits per heavy atom. The summed E-state index contributed by atoms with van der Waals surface area (Å²) in [4.78, 5) is 11.5. The molecule has 1 amide bonds. The van der Waals surface area contributed by atoms with E-state index in [0.29, 0.717) is 18.9 Å². The number of carbonyl (C=O) groups excluding carboxylic acids is 1. The van der Waals surface area contributed by atoms with Gasteiger partial charge in [0.2, 0.25) is 5.91 Å². The van der Waals surface area contributed by atoms with Crippen LogP contribution in [0.15, 0.2) is 0 Å². The van der Waals surface area contributed by atoms with E-state index in [1.54, 1.807) is 0 Å². The van der Waals surface area contributed by atoms with Crippen LogP contribution in [0.3, 0.4) is 0 Å². The SMILES string of the molecule is CC(C)CC(CN)NC(=O)CCC(C)N. The monoisotopic (exact) mass is 215 g/mol. The summed E-state index contributed by atoms with van der Waals surface area (Å²) in [6.45, 7) is 6.65. The molecular weight excluding hydrogens is 190 g/mol. The van der Waals surface area contributed by atoms with Crippen molar-refractivity contribution in [2.75, 3.05) is 6.54 Å². The first-order valence-electron chi connectivity index (χ1n) is 5.70. The highest BCUT2D eigenvalue weighted by Crippen LogP contribution is 2.04. The van der Waals surface area contributed by atoms with Crippen LogP contribution in [0.1, 0.15) is 40.0 Å². The second-order valence-corrected chi connectivity index (χ2v) is 4.65. The molecule has 0 saturated carbocycles. The molecule has 0 bridgehead atoms. The Kier molecular flexibility index (Phi) is 7.34. The molecule has 0 aliphatic carbocycles. The number of hydrogen-bond donors (Lipinski definition) is 3. The first kappa shape index (κ1) is 14.4. The van der Waals surface area contributed by atoms with Crippen molar-refractivity contribution in [2.24, 2.45) is 17.4 Å². The fourth-order valence-corrected chi connectivity index (χ4v) is 1.44. The van der Waals surface area contributed by atoms with E-state index in [1.165, 1.54) is 0 Å². The van der Waals surface area contributed by atoms with Crippen molar-refractivity contribution in [3.05, 3.63) is 0 Å². The highest BCUT2D eigenvalue weighted by molar-refractivity contribution is 5.76. The van der Waals surface area contributed by atoms with Crippen molar-refractivity contribution in [3.63, 3.8) is 0 Å². The Labute approximate surface area is 92.8 Å². The molecule has 4 nitrogen and oxygen atoms in total. The van der Waals surface area contributed by atoms with Crippen LogP contribution >= 0.6 is 0 Å². The number of nitrogens with one attached hydrogen (secondary N) is 1. The lowest BCUT2D eigenvalue weighted by atomic mass is 10.0. The number of nitrogens with two attached hydrogens (primary N) is 2. The second kappa shape index (κ2) is 7.65. The summed E-state index contributed by atoms with van der Waals surface area (Å²) in [6, 6.07) is 0.183. The van der Waals surface area contributed by atoms with Gasteiger partial charge in [0.25, 0.3) is 0 Å². The minimum atomic E-state index is 0.0587. The average molecular weight is 215 g/mol. The number of rotatable bonds is 7. The quantitative estimate of drug-likeness (QED) is 0.582. The van der Waals surface area contributed by atoms with E-state index in [2.05, 4.69) is 19.2 Å². The Morgan fingerprint density at radius 2 is 1.93 bits per heavy atom. The summed E-state index contributed by atoms with van der Waals surface area (Å²) in [5.41, 5.74) is 11.2. The molecule has 0 aliphatic rings. The van der Waals surface area contributed by atoms with Crippen LogP contribution in [-0.4, -0.2) is 24.5 Å². The molecule has 2 unspecified atom stereocenters. The Hall–Kier alpha value is -0.610. The van der Waals surface area contributed by atoms with Gasteiger partial charge < -0.3 is 16.8 Å². The molecule has 4 heteroatoms. The van der Waals surface area contributed by atoms with Gasteiger partial charge in [0.05, 0.1) is 0 Å². The second-order valence-electron chi connectivity index (χ2n) is 4.65. The Balaban J connectivity index is 3.80. The van der Waals surface area contributed by atoms with Crippen LogP contribution in [0.2, 0.25) is 0 Å². The van der Waals surface area contributed by atoms with Gasteiger partial charge in [0.15, 0.2) is 0 Å². The lowest BCUT2D eigenvalue weighted by Gasteiger charge is -2.19. The van der Waals surface area contributed by atoms with Gasteiger partial charge >= 0.3 is 0 Å². The van der Waals surface area contributed by atoms with Gasteiger partial charge in [-0.15, -0.1) is 0 Å². The van der Waals surface area contributed by atoms with E-state index in [9.17, 15) is 4.79 Å². The van der Waals surface area contributed by atoms with Crippen LogP contribution in [0.5, 0.6) is 0 Å². The largest absolute Gasteiger partial charge is 0.352 e. The van der Waals surface area contributed by atoms with Crippen LogP contribution in [-0.2, 0) is 4.79 Å². The number of hydrogen-bond acceptors (Lipinski definition) is 3. The number of carbonyl (C=O) groups is 1. The third kappa shape index (κ3) is 8.39. The summed E-state index contributed by atoms with van der Waals surface area (Å²) in [7, 11) is 0. The van der Waals surface area contributed by atoms with Crippen LogP contribution in [0.4, 0.5) is 0 Å². The molecule has 0 fully saturated rings. The molecular formula is C11H25N3O. The maximum atomic E-state index is 11.5. The fourth-order valence-electron chi connectivity index (χ4n) is 1.44. The molecule has 0 aliphatic heterocycles. The molecule has 0 aromatic carbocycles. The van der Waals surface area contributed by atoms with Gasteiger partial charge in [-0.1, -0.05) is 13.8 Å². The zero-order valence-corrected chi connectivity index (χ0v) is 10.1. The topological polar surface area (TPSA) is 81.1 Å². The van der Waals surface area contributed by atoms with Gasteiger partial charge in [0.1, 0.15) is 0 Å². The Morgan fingerprint density at radius 1 is 1.33 bits per heavy atom. The first-order valence-corrected chi connectivity index (χ1v) is 5.70. The molecule has 2 atom stereocenters. The Bertz CT molecular complexity index is 181. The molecule has 0 heterocycles. The van der Waals surface area contributed by atoms with Crippen LogP contribution in [0, 0.1) is 5.92 Å². The molecule has 0 spiro atoms. The fraction of sp³-hybridized carbons (Fsp3) is 0.909. The smallest absolute Gasteiger partial charge is 0.220 e. The van der Waals surface area contributed by atoms with Gasteiger partial charge in [-0.25, -0.2) is 0 Å². The van der Waals surface area contributed by atoms with E-state index in [4.69, 9.17) is 11.5 Å². The molecule has 0 rings (SSSR count). The predicted octanol–water partition coefficient (Wildman–Crippen LogP) is 0.603. The van der Waals surface area contributed by atoms with Crippen molar-refractivity contribution >= 4 is 5.91 Å². The molecule has 0 aromatic heterocycles. The van der Waals surface area contributed by atoms with E-state index < -0.39 is 0 Å². The molecule has 0 saturated heterocycles. The minimum Gasteiger partial charge on any atom is -0.352 e. The van der Waals surface area contributed by atoms with E-state index in [-0.39, 0.29) is 18.0 Å². The van der Waals surface area contributed by atoms with Gasteiger partial charge in [-0.05, 0) is 25.7 Å². The van der Waals surface area contributed by atoms with Gasteiger partial charge in [0, 0.05) is 25.0 Å². The van der Waals surface area contributed by atoms with Crippen LogP contribution < -0.4 is 16.8 Å². The van der Waals surface area contributed by atoms with Crippen molar-refractivity contribution in [1.82, 2.24) is 5.32 Å². The van der Waals surface area contributed by atoms with E-state index in [1.807, 2.05) is 6.92 Å². The van der Waals surface area contributed by atoms with Crippen molar-refractivity contribution in [2.45, 2.75) is 52.1 Å². The lowest BCUT2D eigenvalue weighted by molar-refractivity contribution is -0.122. The highest BCUT2D eigenvalue weighted by Gasteiger charge is 2.12. The molecule has 0 radical (unpaired) electrons. The number of amides is 1. The third-order valence-corrected chi connectivity index (χ3v) is 2.23. The van der Waals surface area contributed by atoms with Gasteiger partial charge in [-0.2, -0.15) is 0 Å². The molecule has 0 aromatic rings. The average Bonchev–Trinajstić information content (AvgIpc) is 2.13. The maximum absolute atomic E-state index is 11.5. The van der Waals surface area contributed by atoms with Crippen molar-refractivity contribution in [3.8, 4) is 0 Å². The molecule has 15 heavy (non-hydrogen) atoms. The predicted molar refractivity (Wildman–Crippen MR) is 63.3 cm³/mol. The standard InChI is InChI=1S/C11H25N3O/c1-8(2)6-10(7-12)14-11(15)5-4-9(3)13/h8-10H,4-7,12-13H2,1-3H3,(H,14,15). The summed E-state index contributed by atoms with van der Waals surface area (Å²) in [5.74, 6) is 0.607. The van der Waals surface area contributed by atoms with Gasteiger partial charge in [-0.3, -0.25) is 4.79 Å². The lowest BCUT2D eigenvalue weighted by Crippen LogP contribution is -2.41. The van der Waals surface area contributed by atoms with Crippen molar-refractivity contribution in [1.29, 1.82) is 0 Å². The highest BCUT2D eigenvalue weighted by atomic mass is 16.1. The first-order chi connectivity index (χ1) is 6.95. The zero-order valence-electron chi connectivity index (χ0n) is 10.1. The zero-order chi connectivity index (χ0) is 11.8. The van der Waals surface area contributed by atoms with E-state index >= 15 is 0 Å². The summed E-state index contributed by atoms with van der Waals surface area (Å²) < 4.78 is 0. The maximum Gasteiger partial charge on any atom is 0.220 e. The summed E-state index contributed by atoms with van der Waals surface area (Å²) >= 11 is 0. The summed E-state index contributed by atoms with van der Waals surface area (Å²) in [6.07, 6.45) is 2.15. The van der Waals surface area contributed by atoms with Crippen molar-refractivity contribution < 1.29 is 4.79 Å². The summed E-state index contributed by atoms with van der Waals surface area (Å²) in [5, 5.41) is 2.93. The molecule has 90 valence electrons. The molecule has 5 N–H and O–H groups in total.